The molecule has 0 aromatic rings. The van der Waals surface area contributed by atoms with Crippen molar-refractivity contribution in [2.24, 2.45) is 11.7 Å². The molecular formula is C18H33N3O3S. The SMILES string of the molecule is CC(N)C1CCCCN1S(=O)(=O)C1CCCN(C(=O)C2CCCC2)C1. The van der Waals surface area contributed by atoms with Crippen LogP contribution in [0.5, 0.6) is 0 Å². The molecule has 7 heteroatoms. The lowest BCUT2D eigenvalue weighted by Gasteiger charge is -2.41. The predicted molar refractivity (Wildman–Crippen MR) is 98.5 cm³/mol. The Bertz CT molecular complexity index is 572. The van der Waals surface area contributed by atoms with E-state index in [0.717, 1.165) is 51.4 Å². The number of piperidine rings is 2. The Hall–Kier alpha value is -0.660. The number of carbonyl (C=O) groups excluding carboxylic acids is 1. The van der Waals surface area contributed by atoms with Gasteiger partial charge in [0.05, 0.1) is 5.25 Å². The maximum Gasteiger partial charge on any atom is 0.225 e. The van der Waals surface area contributed by atoms with Gasteiger partial charge in [-0.25, -0.2) is 8.42 Å². The van der Waals surface area contributed by atoms with Gasteiger partial charge in [0.15, 0.2) is 0 Å². The van der Waals surface area contributed by atoms with Crippen LogP contribution in [0.4, 0.5) is 0 Å². The molecule has 3 atom stereocenters. The zero-order valence-corrected chi connectivity index (χ0v) is 16.2. The van der Waals surface area contributed by atoms with Crippen molar-refractivity contribution in [1.82, 2.24) is 9.21 Å². The van der Waals surface area contributed by atoms with E-state index in [1.54, 1.807) is 4.31 Å². The number of carbonyl (C=O) groups is 1. The third kappa shape index (κ3) is 4.03. The summed E-state index contributed by atoms with van der Waals surface area (Å²) in [6.45, 7) is 3.54. The third-order valence-corrected chi connectivity index (χ3v) is 8.58. The second kappa shape index (κ2) is 7.92. The highest BCUT2D eigenvalue weighted by Crippen LogP contribution is 2.31. The van der Waals surface area contributed by atoms with Gasteiger partial charge >= 0.3 is 0 Å². The van der Waals surface area contributed by atoms with Crippen LogP contribution in [-0.4, -0.2) is 60.5 Å². The average molecular weight is 372 g/mol. The molecule has 3 rings (SSSR count). The van der Waals surface area contributed by atoms with Crippen LogP contribution in [0.2, 0.25) is 0 Å². The fraction of sp³-hybridized carbons (Fsp3) is 0.944. The Morgan fingerprint density at radius 3 is 2.36 bits per heavy atom. The smallest absolute Gasteiger partial charge is 0.225 e. The van der Waals surface area contributed by atoms with Crippen molar-refractivity contribution >= 4 is 15.9 Å². The fourth-order valence-corrected chi connectivity index (χ4v) is 7.05. The van der Waals surface area contributed by atoms with E-state index in [9.17, 15) is 13.2 Å². The number of rotatable bonds is 4. The molecular weight excluding hydrogens is 338 g/mol. The Morgan fingerprint density at radius 2 is 1.68 bits per heavy atom. The molecule has 2 aliphatic heterocycles. The fourth-order valence-electron chi connectivity index (χ4n) is 4.78. The molecule has 0 radical (unpaired) electrons. The second-order valence-corrected chi connectivity index (χ2v) is 10.3. The summed E-state index contributed by atoms with van der Waals surface area (Å²) >= 11 is 0. The lowest BCUT2D eigenvalue weighted by Crippen LogP contribution is -2.57. The van der Waals surface area contributed by atoms with Gasteiger partial charge in [0, 0.05) is 37.6 Å². The van der Waals surface area contributed by atoms with Crippen molar-refractivity contribution < 1.29 is 13.2 Å². The van der Waals surface area contributed by atoms with Crippen LogP contribution in [0.25, 0.3) is 0 Å². The maximum atomic E-state index is 13.3. The van der Waals surface area contributed by atoms with Gasteiger partial charge in [0.1, 0.15) is 0 Å². The van der Waals surface area contributed by atoms with Gasteiger partial charge in [-0.3, -0.25) is 4.79 Å². The molecule has 144 valence electrons. The first-order valence-corrected chi connectivity index (χ1v) is 11.5. The molecule has 0 spiro atoms. The summed E-state index contributed by atoms with van der Waals surface area (Å²) in [6.07, 6.45) is 8.38. The quantitative estimate of drug-likeness (QED) is 0.815. The molecule has 1 aliphatic carbocycles. The van der Waals surface area contributed by atoms with Crippen LogP contribution in [0.3, 0.4) is 0 Å². The number of hydrogen-bond donors (Lipinski definition) is 1. The van der Waals surface area contributed by atoms with Crippen molar-refractivity contribution in [3.05, 3.63) is 0 Å². The standard InChI is InChI=1S/C18H33N3O3S/c1-14(19)17-10-4-5-12-21(17)25(23,24)16-9-6-11-20(13-16)18(22)15-7-2-3-8-15/h14-17H,2-13,19H2,1H3. The van der Waals surface area contributed by atoms with Gasteiger partial charge in [-0.05, 0) is 45.4 Å². The minimum atomic E-state index is -3.41. The Kier molecular flexibility index (Phi) is 6.06. The molecule has 1 saturated carbocycles. The molecule has 3 unspecified atom stereocenters. The van der Waals surface area contributed by atoms with Crippen molar-refractivity contribution in [3.8, 4) is 0 Å². The maximum absolute atomic E-state index is 13.3. The summed E-state index contributed by atoms with van der Waals surface area (Å²) in [5.41, 5.74) is 6.07. The molecule has 2 N–H and O–H groups in total. The largest absolute Gasteiger partial charge is 0.341 e. The molecule has 3 fully saturated rings. The zero-order chi connectivity index (χ0) is 18.0. The zero-order valence-electron chi connectivity index (χ0n) is 15.4. The van der Waals surface area contributed by atoms with E-state index in [2.05, 4.69) is 0 Å². The van der Waals surface area contributed by atoms with Crippen LogP contribution < -0.4 is 5.73 Å². The molecule has 3 aliphatic rings. The highest BCUT2D eigenvalue weighted by Gasteiger charge is 2.42. The van der Waals surface area contributed by atoms with Gasteiger partial charge in [0.2, 0.25) is 15.9 Å². The first kappa shape index (κ1) is 19.1. The van der Waals surface area contributed by atoms with Gasteiger partial charge < -0.3 is 10.6 Å². The highest BCUT2D eigenvalue weighted by atomic mass is 32.2. The number of nitrogens with zero attached hydrogens (tertiary/aromatic N) is 2. The average Bonchev–Trinajstić information content (AvgIpc) is 3.16. The number of likely N-dealkylation sites (tertiary alicyclic amines) is 1. The molecule has 2 saturated heterocycles. The normalized spacial score (nSPS) is 31.2. The third-order valence-electron chi connectivity index (χ3n) is 6.25. The van der Waals surface area contributed by atoms with E-state index in [4.69, 9.17) is 5.73 Å². The number of hydrogen-bond acceptors (Lipinski definition) is 4. The van der Waals surface area contributed by atoms with E-state index in [1.165, 1.54) is 0 Å². The van der Waals surface area contributed by atoms with Gasteiger partial charge in [0.25, 0.3) is 0 Å². The van der Waals surface area contributed by atoms with E-state index in [-0.39, 0.29) is 23.9 Å². The molecule has 0 bridgehead atoms. The summed E-state index contributed by atoms with van der Waals surface area (Å²) < 4.78 is 28.2. The highest BCUT2D eigenvalue weighted by molar-refractivity contribution is 7.89. The molecule has 25 heavy (non-hydrogen) atoms. The Balaban J connectivity index is 1.71. The molecule has 0 aromatic heterocycles. The Morgan fingerprint density at radius 1 is 1.00 bits per heavy atom. The molecule has 0 aromatic carbocycles. The summed E-state index contributed by atoms with van der Waals surface area (Å²) in [5, 5.41) is -0.467. The van der Waals surface area contributed by atoms with Crippen molar-refractivity contribution in [2.75, 3.05) is 19.6 Å². The molecule has 1 amide bonds. The number of amides is 1. The van der Waals surface area contributed by atoms with Gasteiger partial charge in [-0.15, -0.1) is 0 Å². The molecule has 2 heterocycles. The van der Waals surface area contributed by atoms with Crippen LogP contribution in [-0.2, 0) is 14.8 Å². The Labute approximate surface area is 152 Å². The van der Waals surface area contributed by atoms with Crippen molar-refractivity contribution in [3.63, 3.8) is 0 Å². The first-order chi connectivity index (χ1) is 11.9. The van der Waals surface area contributed by atoms with Gasteiger partial charge in [-0.2, -0.15) is 4.31 Å². The predicted octanol–water partition coefficient (Wildman–Crippen LogP) is 1.70. The molecule has 6 nitrogen and oxygen atoms in total. The summed E-state index contributed by atoms with van der Waals surface area (Å²) in [5.74, 6) is 0.299. The number of sulfonamides is 1. The van der Waals surface area contributed by atoms with E-state index in [1.807, 2.05) is 11.8 Å². The first-order valence-electron chi connectivity index (χ1n) is 9.96. The van der Waals surface area contributed by atoms with Crippen LogP contribution >= 0.6 is 0 Å². The number of nitrogens with two attached hydrogens (primary N) is 1. The van der Waals surface area contributed by atoms with E-state index in [0.29, 0.717) is 26.1 Å². The van der Waals surface area contributed by atoms with Crippen LogP contribution in [0.1, 0.15) is 64.7 Å². The van der Waals surface area contributed by atoms with Crippen molar-refractivity contribution in [2.45, 2.75) is 82.0 Å². The van der Waals surface area contributed by atoms with Gasteiger partial charge in [-0.1, -0.05) is 19.3 Å². The monoisotopic (exact) mass is 371 g/mol. The second-order valence-electron chi connectivity index (χ2n) is 8.11. The summed E-state index contributed by atoms with van der Waals surface area (Å²) in [4.78, 5) is 14.5. The summed E-state index contributed by atoms with van der Waals surface area (Å²) in [7, 11) is -3.41. The van der Waals surface area contributed by atoms with E-state index >= 15 is 0 Å². The summed E-state index contributed by atoms with van der Waals surface area (Å²) in [6, 6.07) is -0.255. The topological polar surface area (TPSA) is 83.7 Å². The van der Waals surface area contributed by atoms with Crippen LogP contribution in [0.15, 0.2) is 0 Å². The minimum absolute atomic E-state index is 0.0975. The van der Waals surface area contributed by atoms with Crippen LogP contribution in [0, 0.1) is 5.92 Å². The lowest BCUT2D eigenvalue weighted by atomic mass is 10.00. The minimum Gasteiger partial charge on any atom is -0.341 e. The lowest BCUT2D eigenvalue weighted by molar-refractivity contribution is -0.136. The van der Waals surface area contributed by atoms with E-state index < -0.39 is 15.3 Å². The van der Waals surface area contributed by atoms with Crippen molar-refractivity contribution in [1.29, 1.82) is 0 Å².